The summed E-state index contributed by atoms with van der Waals surface area (Å²) < 4.78 is 50.7. The Kier molecular flexibility index (Phi) is 26.5. The van der Waals surface area contributed by atoms with E-state index in [4.69, 9.17) is 48.0 Å². The molecule has 0 aliphatic rings. The first kappa shape index (κ1) is 36.0. The van der Waals surface area contributed by atoms with Crippen LogP contribution in [0.4, 0.5) is 0 Å². The maximum Gasteiger partial charge on any atom is 0.315 e. The van der Waals surface area contributed by atoms with E-state index < -0.39 is 23.8 Å². The van der Waals surface area contributed by atoms with Crippen molar-refractivity contribution in [2.45, 2.75) is 25.7 Å². The standard InChI is InChI=1S/C24H43NO13/c1-29-9-11-33-17-19-35-15-13-31-7-5-23(27)37-21(25)3-4-22(26)38-24(28)6-8-32-14-16-36-20-18-34-12-10-30-2/h25H,3-20H2,1-2H3. The molecule has 0 bridgehead atoms. The van der Waals surface area contributed by atoms with Crippen LogP contribution in [0, 0.1) is 5.41 Å². The second-order valence-electron chi connectivity index (χ2n) is 7.40. The highest BCUT2D eigenvalue weighted by Crippen LogP contribution is 2.00. The van der Waals surface area contributed by atoms with Crippen LogP contribution < -0.4 is 0 Å². The van der Waals surface area contributed by atoms with Crippen molar-refractivity contribution >= 4 is 23.8 Å². The van der Waals surface area contributed by atoms with Crippen molar-refractivity contribution < 1.29 is 61.8 Å². The summed E-state index contributed by atoms with van der Waals surface area (Å²) in [6.45, 7) is 5.28. The monoisotopic (exact) mass is 553 g/mol. The van der Waals surface area contributed by atoms with Crippen molar-refractivity contribution in [1.82, 2.24) is 0 Å². The molecule has 0 heterocycles. The SMILES string of the molecule is COCCOCCOCCOCCC(=O)OC(=N)CCC(=O)OC(=O)CCOCCOCCOCCOC. The predicted molar refractivity (Wildman–Crippen MR) is 132 cm³/mol. The Bertz CT molecular complexity index is 566. The van der Waals surface area contributed by atoms with E-state index in [-0.39, 0.29) is 45.5 Å². The summed E-state index contributed by atoms with van der Waals surface area (Å²) in [5.41, 5.74) is 0. The zero-order valence-electron chi connectivity index (χ0n) is 22.5. The molecule has 0 rings (SSSR count). The molecule has 0 saturated heterocycles. The topological polar surface area (TPSA) is 167 Å². The third-order valence-electron chi connectivity index (χ3n) is 4.27. The quantitative estimate of drug-likeness (QED) is 0.0492. The lowest BCUT2D eigenvalue weighted by Crippen LogP contribution is -2.18. The van der Waals surface area contributed by atoms with Crippen LogP contribution in [0.1, 0.15) is 25.7 Å². The number of hydrogen-bond acceptors (Lipinski definition) is 14. The Morgan fingerprint density at radius 1 is 0.421 bits per heavy atom. The zero-order chi connectivity index (χ0) is 28.1. The Labute approximate surface area is 223 Å². The molecule has 1 N–H and O–H groups in total. The lowest BCUT2D eigenvalue weighted by atomic mass is 10.3. The van der Waals surface area contributed by atoms with Crippen molar-refractivity contribution in [2.24, 2.45) is 0 Å². The summed E-state index contributed by atoms with van der Waals surface area (Å²) in [6.07, 6.45) is -0.617. The summed E-state index contributed by atoms with van der Waals surface area (Å²) in [7, 11) is 3.19. The molecule has 14 heteroatoms. The van der Waals surface area contributed by atoms with Crippen LogP contribution in [0.5, 0.6) is 0 Å². The van der Waals surface area contributed by atoms with Gasteiger partial charge in [-0.3, -0.25) is 19.8 Å². The molecule has 38 heavy (non-hydrogen) atoms. The molecule has 0 aromatic rings. The van der Waals surface area contributed by atoms with E-state index in [0.29, 0.717) is 72.7 Å². The summed E-state index contributed by atoms with van der Waals surface area (Å²) >= 11 is 0. The Morgan fingerprint density at radius 3 is 1.13 bits per heavy atom. The molecule has 0 aliphatic heterocycles. The molecule has 0 aromatic heterocycles. The fourth-order valence-corrected chi connectivity index (χ4v) is 2.36. The molecule has 0 atom stereocenters. The van der Waals surface area contributed by atoms with E-state index in [2.05, 4.69) is 4.74 Å². The van der Waals surface area contributed by atoms with Gasteiger partial charge in [-0.1, -0.05) is 0 Å². The van der Waals surface area contributed by atoms with E-state index in [1.807, 2.05) is 0 Å². The van der Waals surface area contributed by atoms with Crippen molar-refractivity contribution in [3.05, 3.63) is 0 Å². The highest BCUT2D eigenvalue weighted by atomic mass is 16.6. The molecule has 0 spiro atoms. The van der Waals surface area contributed by atoms with Gasteiger partial charge in [0.2, 0.25) is 0 Å². The van der Waals surface area contributed by atoms with Gasteiger partial charge in [0.15, 0.2) is 5.90 Å². The number of hydrogen-bond donors (Lipinski definition) is 1. The molecule has 0 amide bonds. The first-order valence-corrected chi connectivity index (χ1v) is 12.5. The van der Waals surface area contributed by atoms with Gasteiger partial charge in [0.05, 0.1) is 112 Å². The maximum atomic E-state index is 11.7. The van der Waals surface area contributed by atoms with Crippen LogP contribution in [0.15, 0.2) is 0 Å². The Hall–Kier alpha value is -2.04. The molecule has 0 fully saturated rings. The Balaban J connectivity index is 3.56. The van der Waals surface area contributed by atoms with E-state index in [1.54, 1.807) is 14.2 Å². The van der Waals surface area contributed by atoms with Crippen LogP contribution in [-0.4, -0.2) is 131 Å². The number of methoxy groups -OCH3 is 2. The van der Waals surface area contributed by atoms with Crippen LogP contribution in [0.25, 0.3) is 0 Å². The van der Waals surface area contributed by atoms with Crippen LogP contribution in [0.2, 0.25) is 0 Å². The number of esters is 3. The molecule has 0 aliphatic carbocycles. The zero-order valence-corrected chi connectivity index (χ0v) is 22.5. The number of nitrogens with one attached hydrogen (secondary N) is 1. The minimum atomic E-state index is -0.819. The van der Waals surface area contributed by atoms with Gasteiger partial charge in [0, 0.05) is 20.6 Å². The first-order valence-electron chi connectivity index (χ1n) is 12.5. The van der Waals surface area contributed by atoms with Crippen molar-refractivity contribution in [2.75, 3.05) is 107 Å². The molecule has 222 valence electrons. The van der Waals surface area contributed by atoms with Gasteiger partial charge in [-0.25, -0.2) is 0 Å². The maximum absolute atomic E-state index is 11.7. The van der Waals surface area contributed by atoms with E-state index in [0.717, 1.165) is 0 Å². The van der Waals surface area contributed by atoms with E-state index >= 15 is 0 Å². The summed E-state index contributed by atoms with van der Waals surface area (Å²) in [5, 5.41) is 7.63. The van der Waals surface area contributed by atoms with Gasteiger partial charge >= 0.3 is 17.9 Å². The second kappa shape index (κ2) is 28.0. The third kappa shape index (κ3) is 27.0. The van der Waals surface area contributed by atoms with Gasteiger partial charge in [0.1, 0.15) is 0 Å². The molecule has 0 unspecified atom stereocenters. The highest BCUT2D eigenvalue weighted by Gasteiger charge is 2.14. The van der Waals surface area contributed by atoms with E-state index in [1.165, 1.54) is 0 Å². The fourth-order valence-electron chi connectivity index (χ4n) is 2.36. The summed E-state index contributed by atoms with van der Waals surface area (Å²) in [5.74, 6) is -2.62. The largest absolute Gasteiger partial charge is 0.412 e. The van der Waals surface area contributed by atoms with Crippen molar-refractivity contribution in [1.29, 1.82) is 5.41 Å². The number of carbonyl (C=O) groups excluding carboxylic acids is 3. The Morgan fingerprint density at radius 2 is 0.737 bits per heavy atom. The van der Waals surface area contributed by atoms with Crippen LogP contribution in [-0.2, 0) is 61.8 Å². The van der Waals surface area contributed by atoms with Crippen LogP contribution >= 0.6 is 0 Å². The summed E-state index contributed by atoms with van der Waals surface area (Å²) in [4.78, 5) is 35.1. The number of rotatable bonds is 27. The lowest BCUT2D eigenvalue weighted by Gasteiger charge is -2.08. The molecular weight excluding hydrogens is 510 g/mol. The number of carbonyl (C=O) groups is 3. The van der Waals surface area contributed by atoms with Crippen LogP contribution in [0.3, 0.4) is 0 Å². The van der Waals surface area contributed by atoms with E-state index in [9.17, 15) is 14.4 Å². The fraction of sp³-hybridized carbons (Fsp3) is 0.833. The average Bonchev–Trinajstić information content (AvgIpc) is 2.89. The summed E-state index contributed by atoms with van der Waals surface area (Å²) in [6, 6.07) is 0. The second-order valence-corrected chi connectivity index (χ2v) is 7.40. The first-order chi connectivity index (χ1) is 18.5. The molecular formula is C24H43NO13. The van der Waals surface area contributed by atoms with Gasteiger partial charge in [0.25, 0.3) is 0 Å². The average molecular weight is 554 g/mol. The number of ether oxygens (including phenoxy) is 10. The predicted octanol–water partition coefficient (Wildman–Crippen LogP) is 0.529. The van der Waals surface area contributed by atoms with Gasteiger partial charge in [-0.05, 0) is 0 Å². The smallest absolute Gasteiger partial charge is 0.315 e. The highest BCUT2D eigenvalue weighted by molar-refractivity contribution is 5.90. The normalized spacial score (nSPS) is 10.9. The molecule has 0 radical (unpaired) electrons. The third-order valence-corrected chi connectivity index (χ3v) is 4.27. The van der Waals surface area contributed by atoms with Gasteiger partial charge in [-0.15, -0.1) is 0 Å². The lowest BCUT2D eigenvalue weighted by molar-refractivity contribution is -0.160. The van der Waals surface area contributed by atoms with Gasteiger partial charge in [-0.2, -0.15) is 0 Å². The minimum absolute atomic E-state index is 0.0569. The minimum Gasteiger partial charge on any atom is -0.412 e. The van der Waals surface area contributed by atoms with Gasteiger partial charge < -0.3 is 47.4 Å². The van der Waals surface area contributed by atoms with Crippen molar-refractivity contribution in [3.63, 3.8) is 0 Å². The molecule has 14 nitrogen and oxygen atoms in total. The van der Waals surface area contributed by atoms with Crippen molar-refractivity contribution in [3.8, 4) is 0 Å². The molecule has 0 aromatic carbocycles. The molecule has 0 saturated carbocycles.